The average Bonchev–Trinajstić information content (AvgIpc) is 2.81. The maximum atomic E-state index is 14.1. The van der Waals surface area contributed by atoms with Crippen LogP contribution in [0.15, 0.2) is 24.3 Å². The quantitative estimate of drug-likeness (QED) is 0.107. The highest BCUT2D eigenvalue weighted by Crippen LogP contribution is 2.35. The van der Waals surface area contributed by atoms with Crippen molar-refractivity contribution in [2.45, 2.75) is 119 Å². The number of benzene rings is 2. The van der Waals surface area contributed by atoms with Crippen LogP contribution in [0.5, 0.6) is 0 Å². The molecule has 37 heavy (non-hydrogen) atoms. The van der Waals surface area contributed by atoms with E-state index in [9.17, 15) is 15.1 Å². The molecular formula is C33H46N2O2. The molecule has 2 aromatic rings. The van der Waals surface area contributed by atoms with Gasteiger partial charge in [-0.3, -0.25) is 9.59 Å². The summed E-state index contributed by atoms with van der Waals surface area (Å²) in [6, 6.07) is 8.30. The molecule has 0 N–H and O–H groups in total. The minimum absolute atomic E-state index is 0.0629. The van der Waals surface area contributed by atoms with Crippen LogP contribution >= 0.6 is 0 Å². The van der Waals surface area contributed by atoms with Crippen LogP contribution in [0.3, 0.4) is 0 Å². The summed E-state index contributed by atoms with van der Waals surface area (Å²) in [4.78, 5) is 31.7. The third kappa shape index (κ3) is 6.36. The first-order chi connectivity index (χ1) is 17.1. The molecule has 0 saturated carbocycles. The Bertz CT molecular complexity index is 1080. The van der Waals surface area contributed by atoms with Crippen LogP contribution in [-0.4, -0.2) is 22.1 Å². The Labute approximate surface area is 224 Å². The van der Waals surface area contributed by atoms with Crippen molar-refractivity contribution < 1.29 is 14.4 Å². The van der Waals surface area contributed by atoms with E-state index >= 15 is 0 Å². The Hall–Kier alpha value is -2.84. The number of Topliss-reactive ketones (excluding diaryl/α,β-unsaturated/α-hetero) is 2. The number of hydrogen-bond donors (Lipinski definition) is 0. The molecule has 0 aromatic heterocycles. The molecule has 0 spiro atoms. The average molecular weight is 503 g/mol. The van der Waals surface area contributed by atoms with Gasteiger partial charge in [0.15, 0.2) is 0 Å². The van der Waals surface area contributed by atoms with Gasteiger partial charge < -0.3 is 5.53 Å². The van der Waals surface area contributed by atoms with Crippen LogP contribution in [0.1, 0.15) is 173 Å². The normalized spacial score (nSPS) is 11.8. The van der Waals surface area contributed by atoms with E-state index in [1.807, 2.05) is 0 Å². The fourth-order valence-electron chi connectivity index (χ4n) is 4.87. The summed E-state index contributed by atoms with van der Waals surface area (Å²) < 4.78 is 0. The van der Waals surface area contributed by atoms with E-state index in [1.165, 1.54) is 0 Å². The highest BCUT2D eigenvalue weighted by atomic mass is 16.2. The summed E-state index contributed by atoms with van der Waals surface area (Å²) in [5.41, 5.74) is 16.6. The summed E-state index contributed by atoms with van der Waals surface area (Å²) in [5.74, 6) is -0.163. The summed E-state index contributed by atoms with van der Waals surface area (Å²) in [6.45, 7) is 25.0. The monoisotopic (exact) mass is 502 g/mol. The van der Waals surface area contributed by atoms with E-state index in [2.05, 4.69) is 112 Å². The van der Waals surface area contributed by atoms with Gasteiger partial charge in [0.2, 0.25) is 0 Å². The van der Waals surface area contributed by atoms with Gasteiger partial charge in [-0.1, -0.05) is 107 Å². The van der Waals surface area contributed by atoms with Gasteiger partial charge in [0.05, 0.1) is 0 Å². The van der Waals surface area contributed by atoms with Crippen molar-refractivity contribution in [2.75, 3.05) is 0 Å². The third-order valence-electron chi connectivity index (χ3n) is 7.25. The van der Waals surface area contributed by atoms with Gasteiger partial charge in [0.1, 0.15) is 0 Å². The molecule has 0 fully saturated rings. The molecule has 200 valence electrons. The van der Waals surface area contributed by atoms with Gasteiger partial charge in [-0.25, -0.2) is 0 Å². The molecular weight excluding hydrogens is 456 g/mol. The number of ketones is 2. The van der Waals surface area contributed by atoms with E-state index < -0.39 is 17.3 Å². The molecule has 0 saturated heterocycles. The van der Waals surface area contributed by atoms with Crippen molar-refractivity contribution in [3.8, 4) is 0 Å². The molecule has 0 bridgehead atoms. The molecule has 0 aliphatic carbocycles. The lowest BCUT2D eigenvalue weighted by molar-refractivity contribution is -0.00704. The molecule has 0 atom stereocenters. The summed E-state index contributed by atoms with van der Waals surface area (Å²) in [7, 11) is 0. The largest absolute Gasteiger partial charge is 0.410 e. The SMILES string of the molecule is CC(C)c1cc(C(C)C)c(C(=O)C(=[N+]=[N-])C(=O)c2c(C(C)C)cc(C(C)C)cc2C(C)C)c(C(C)C)c1. The molecule has 4 nitrogen and oxygen atoms in total. The van der Waals surface area contributed by atoms with E-state index in [0.29, 0.717) is 23.0 Å². The minimum atomic E-state index is -0.507. The zero-order valence-corrected chi connectivity index (χ0v) is 25.0. The number of carbonyl (C=O) groups is 2. The Morgan fingerprint density at radius 2 is 0.757 bits per heavy atom. The number of hydrogen-bond acceptors (Lipinski definition) is 2. The Morgan fingerprint density at radius 1 is 0.514 bits per heavy atom. The smallest absolute Gasteiger partial charge is 0.360 e. The highest BCUT2D eigenvalue weighted by Gasteiger charge is 2.38. The first-order valence-electron chi connectivity index (χ1n) is 13.8. The Morgan fingerprint density at radius 3 is 0.919 bits per heavy atom. The summed E-state index contributed by atoms with van der Waals surface area (Å²) in [6.07, 6.45) is 0. The third-order valence-corrected chi connectivity index (χ3v) is 7.25. The van der Waals surface area contributed by atoms with Crippen molar-refractivity contribution in [3.05, 3.63) is 74.3 Å². The maximum Gasteiger partial charge on any atom is 0.410 e. The van der Waals surface area contributed by atoms with Gasteiger partial charge in [0.25, 0.3) is 11.6 Å². The van der Waals surface area contributed by atoms with Crippen LogP contribution in [0.25, 0.3) is 5.53 Å². The molecule has 0 aliphatic rings. The predicted octanol–water partition coefficient (Wildman–Crippen LogP) is 9.16. The van der Waals surface area contributed by atoms with E-state index in [4.69, 9.17) is 0 Å². The van der Waals surface area contributed by atoms with Crippen LogP contribution < -0.4 is 0 Å². The fraction of sp³-hybridized carbons (Fsp3) is 0.545. The minimum Gasteiger partial charge on any atom is -0.360 e. The summed E-state index contributed by atoms with van der Waals surface area (Å²) >= 11 is 0. The van der Waals surface area contributed by atoms with Gasteiger partial charge in [0, 0.05) is 11.1 Å². The molecule has 0 heterocycles. The standard InChI is InChI=1S/C33H46N2O2/c1-17(2)23-13-25(19(5)6)29(26(14-23)20(7)8)32(36)31(35-34)33(37)30-27(21(9)10)15-24(18(3)4)16-28(30)22(11)12/h13-22H,1-12H3. The first kappa shape index (κ1) is 30.4. The molecule has 0 radical (unpaired) electrons. The first-order valence-corrected chi connectivity index (χ1v) is 13.8. The van der Waals surface area contributed by atoms with Crippen LogP contribution in [0.4, 0.5) is 0 Å². The molecule has 4 heteroatoms. The van der Waals surface area contributed by atoms with Gasteiger partial charge >= 0.3 is 5.71 Å². The van der Waals surface area contributed by atoms with Crippen molar-refractivity contribution >= 4 is 17.3 Å². The molecule has 0 amide bonds. The second kappa shape index (κ2) is 12.1. The Balaban J connectivity index is 2.86. The molecule has 2 aromatic carbocycles. The lowest BCUT2D eigenvalue weighted by atomic mass is 9.79. The zero-order valence-electron chi connectivity index (χ0n) is 25.0. The van der Waals surface area contributed by atoms with Gasteiger partial charge in [-0.15, -0.1) is 0 Å². The molecule has 2 rings (SSSR count). The molecule has 0 aliphatic heterocycles. The van der Waals surface area contributed by atoms with Crippen LogP contribution in [0, 0.1) is 0 Å². The summed E-state index contributed by atoms with van der Waals surface area (Å²) in [5, 5.41) is 0. The van der Waals surface area contributed by atoms with E-state index in [-0.39, 0.29) is 23.7 Å². The maximum absolute atomic E-state index is 14.1. The van der Waals surface area contributed by atoms with Crippen molar-refractivity contribution in [1.82, 2.24) is 0 Å². The topological polar surface area (TPSA) is 70.5 Å². The van der Waals surface area contributed by atoms with Gasteiger partial charge in [-0.2, -0.15) is 4.79 Å². The van der Waals surface area contributed by atoms with Crippen LogP contribution in [0.2, 0.25) is 0 Å². The van der Waals surface area contributed by atoms with Crippen molar-refractivity contribution in [2.24, 2.45) is 0 Å². The van der Waals surface area contributed by atoms with Crippen molar-refractivity contribution in [1.29, 1.82) is 0 Å². The molecule has 0 unspecified atom stereocenters. The van der Waals surface area contributed by atoms with Crippen molar-refractivity contribution in [3.63, 3.8) is 0 Å². The fourth-order valence-corrected chi connectivity index (χ4v) is 4.87. The Kier molecular flexibility index (Phi) is 9.97. The number of rotatable bonds is 10. The lowest BCUT2D eigenvalue weighted by Gasteiger charge is -2.22. The van der Waals surface area contributed by atoms with Crippen LogP contribution in [-0.2, 0) is 0 Å². The van der Waals surface area contributed by atoms with Gasteiger partial charge in [-0.05, 0) is 68.9 Å². The van der Waals surface area contributed by atoms with E-state index in [0.717, 1.165) is 33.4 Å². The highest BCUT2D eigenvalue weighted by molar-refractivity contribution is 6.70. The second-order valence-electron chi connectivity index (χ2n) is 12.2. The zero-order chi connectivity index (χ0) is 28.4. The van der Waals surface area contributed by atoms with E-state index in [1.54, 1.807) is 0 Å². The lowest BCUT2D eigenvalue weighted by Crippen LogP contribution is -2.30. The second-order valence-corrected chi connectivity index (χ2v) is 12.2. The predicted molar refractivity (Wildman–Crippen MR) is 155 cm³/mol. The number of carbonyl (C=O) groups excluding carboxylic acids is 2. The number of nitrogens with zero attached hydrogens (tertiary/aromatic N) is 2.